The minimum absolute atomic E-state index is 0.00639. The second kappa shape index (κ2) is 9.86. The Hall–Kier alpha value is -2.43. The maximum absolute atomic E-state index is 12.4. The van der Waals surface area contributed by atoms with Crippen LogP contribution >= 0.6 is 0 Å². The standard InChI is InChI=1S/C19H24N2O6S2/c1-15(21-29(25,26)18-11-9-16(27-2)10-12-18)19(22)20-13-6-14-28(23,24)17-7-4-3-5-8-17/h3-5,7-12,15,21H,6,13-14H2,1-2H3,(H,20,22)/t15-/m0/s1. The molecule has 2 aromatic carbocycles. The zero-order chi connectivity index (χ0) is 21.5. The Bertz CT molecular complexity index is 1020. The molecule has 10 heteroatoms. The summed E-state index contributed by atoms with van der Waals surface area (Å²) >= 11 is 0. The molecule has 1 atom stereocenters. The second-order valence-electron chi connectivity index (χ2n) is 6.30. The van der Waals surface area contributed by atoms with Crippen molar-refractivity contribution in [1.29, 1.82) is 0 Å². The molecule has 0 saturated carbocycles. The van der Waals surface area contributed by atoms with E-state index in [-0.39, 0.29) is 28.5 Å². The van der Waals surface area contributed by atoms with Gasteiger partial charge >= 0.3 is 0 Å². The van der Waals surface area contributed by atoms with Gasteiger partial charge in [-0.3, -0.25) is 4.79 Å². The summed E-state index contributed by atoms with van der Waals surface area (Å²) in [7, 11) is -5.83. The molecule has 0 aromatic heterocycles. The van der Waals surface area contributed by atoms with Gasteiger partial charge in [0.25, 0.3) is 0 Å². The van der Waals surface area contributed by atoms with Crippen LogP contribution in [0.5, 0.6) is 5.75 Å². The lowest BCUT2D eigenvalue weighted by Crippen LogP contribution is -2.45. The lowest BCUT2D eigenvalue weighted by atomic mass is 10.3. The molecule has 0 unspecified atom stereocenters. The molecule has 0 saturated heterocycles. The molecule has 0 aliphatic heterocycles. The summed E-state index contributed by atoms with van der Waals surface area (Å²) in [6.45, 7) is 1.52. The molecule has 29 heavy (non-hydrogen) atoms. The molecule has 8 nitrogen and oxygen atoms in total. The van der Waals surface area contributed by atoms with E-state index in [1.165, 1.54) is 50.4 Å². The number of hydrogen-bond donors (Lipinski definition) is 2. The van der Waals surface area contributed by atoms with E-state index in [0.29, 0.717) is 5.75 Å². The maximum atomic E-state index is 12.4. The summed E-state index contributed by atoms with van der Waals surface area (Å²) in [6.07, 6.45) is 0.209. The summed E-state index contributed by atoms with van der Waals surface area (Å²) in [4.78, 5) is 12.4. The molecule has 158 valence electrons. The van der Waals surface area contributed by atoms with Crippen LogP contribution in [-0.4, -0.2) is 48.2 Å². The lowest BCUT2D eigenvalue weighted by molar-refractivity contribution is -0.122. The minimum atomic E-state index is -3.88. The van der Waals surface area contributed by atoms with Crippen LogP contribution in [0.25, 0.3) is 0 Å². The summed E-state index contributed by atoms with van der Waals surface area (Å²) < 4.78 is 56.4. The molecule has 0 bridgehead atoms. The first kappa shape index (κ1) is 22.9. The van der Waals surface area contributed by atoms with Crippen LogP contribution in [0.2, 0.25) is 0 Å². The van der Waals surface area contributed by atoms with Gasteiger partial charge in [-0.05, 0) is 49.7 Å². The van der Waals surface area contributed by atoms with Crippen molar-refractivity contribution in [2.24, 2.45) is 0 Å². The third-order valence-electron chi connectivity index (χ3n) is 4.09. The number of amides is 1. The van der Waals surface area contributed by atoms with Crippen molar-refractivity contribution in [1.82, 2.24) is 10.0 Å². The van der Waals surface area contributed by atoms with Crippen molar-refractivity contribution in [3.8, 4) is 5.75 Å². The van der Waals surface area contributed by atoms with Crippen LogP contribution in [0, 0.1) is 0 Å². The van der Waals surface area contributed by atoms with E-state index in [0.717, 1.165) is 0 Å². The molecular formula is C19H24N2O6S2. The third kappa shape index (κ3) is 6.55. The van der Waals surface area contributed by atoms with Crippen molar-refractivity contribution >= 4 is 25.8 Å². The number of nitrogens with one attached hydrogen (secondary N) is 2. The first-order valence-electron chi connectivity index (χ1n) is 8.87. The summed E-state index contributed by atoms with van der Waals surface area (Å²) in [6, 6.07) is 12.8. The third-order valence-corrected chi connectivity index (χ3v) is 7.46. The number of carbonyl (C=O) groups excluding carboxylic acids is 1. The van der Waals surface area contributed by atoms with Gasteiger partial charge in [0.2, 0.25) is 15.9 Å². The van der Waals surface area contributed by atoms with E-state index in [1.807, 2.05) is 0 Å². The predicted molar refractivity (Wildman–Crippen MR) is 109 cm³/mol. The van der Waals surface area contributed by atoms with Crippen molar-refractivity contribution in [2.75, 3.05) is 19.4 Å². The highest BCUT2D eigenvalue weighted by Gasteiger charge is 2.22. The monoisotopic (exact) mass is 440 g/mol. The average molecular weight is 441 g/mol. The number of hydrogen-bond acceptors (Lipinski definition) is 6. The smallest absolute Gasteiger partial charge is 0.241 e. The summed E-state index contributed by atoms with van der Waals surface area (Å²) in [5.74, 6) is -0.150. The predicted octanol–water partition coefficient (Wildman–Crippen LogP) is 1.34. The number of ether oxygens (including phenoxy) is 1. The van der Waals surface area contributed by atoms with Crippen LogP contribution < -0.4 is 14.8 Å². The zero-order valence-corrected chi connectivity index (χ0v) is 17.8. The van der Waals surface area contributed by atoms with E-state index in [2.05, 4.69) is 10.0 Å². The highest BCUT2D eigenvalue weighted by atomic mass is 32.2. The number of sulfonamides is 1. The molecule has 0 aliphatic rings. The topological polar surface area (TPSA) is 119 Å². The van der Waals surface area contributed by atoms with Gasteiger partial charge in [0.15, 0.2) is 9.84 Å². The first-order valence-corrected chi connectivity index (χ1v) is 12.0. The number of rotatable bonds is 10. The fraction of sp³-hybridized carbons (Fsp3) is 0.316. The van der Waals surface area contributed by atoms with E-state index in [4.69, 9.17) is 4.74 Å². The molecular weight excluding hydrogens is 416 g/mol. The van der Waals surface area contributed by atoms with Gasteiger partial charge in [-0.15, -0.1) is 0 Å². The Kier molecular flexibility index (Phi) is 7.77. The highest BCUT2D eigenvalue weighted by Crippen LogP contribution is 2.15. The Labute approximate surface area is 171 Å². The molecule has 2 N–H and O–H groups in total. The normalized spacial score (nSPS) is 12.9. The van der Waals surface area contributed by atoms with Crippen molar-refractivity contribution in [3.63, 3.8) is 0 Å². The molecule has 2 rings (SSSR count). The van der Waals surface area contributed by atoms with Crippen LogP contribution in [0.3, 0.4) is 0 Å². The zero-order valence-electron chi connectivity index (χ0n) is 16.2. The van der Waals surface area contributed by atoms with Crippen molar-refractivity contribution in [3.05, 3.63) is 54.6 Å². The Balaban J connectivity index is 1.84. The van der Waals surface area contributed by atoms with Crippen LogP contribution in [0.15, 0.2) is 64.4 Å². The van der Waals surface area contributed by atoms with Crippen LogP contribution in [0.1, 0.15) is 13.3 Å². The highest BCUT2D eigenvalue weighted by molar-refractivity contribution is 7.91. The van der Waals surface area contributed by atoms with Crippen molar-refractivity contribution in [2.45, 2.75) is 29.2 Å². The number of benzene rings is 2. The molecule has 2 aromatic rings. The Morgan fingerprint density at radius 1 is 0.966 bits per heavy atom. The molecule has 1 amide bonds. The first-order chi connectivity index (χ1) is 13.7. The molecule has 0 spiro atoms. The van der Waals surface area contributed by atoms with Crippen LogP contribution in [0.4, 0.5) is 0 Å². The van der Waals surface area contributed by atoms with Gasteiger partial charge in [-0.1, -0.05) is 18.2 Å². The maximum Gasteiger partial charge on any atom is 0.241 e. The quantitative estimate of drug-likeness (QED) is 0.538. The van der Waals surface area contributed by atoms with Gasteiger partial charge in [-0.25, -0.2) is 16.8 Å². The van der Waals surface area contributed by atoms with Gasteiger partial charge in [0.1, 0.15) is 5.75 Å². The van der Waals surface area contributed by atoms with E-state index in [9.17, 15) is 21.6 Å². The van der Waals surface area contributed by atoms with Gasteiger partial charge in [-0.2, -0.15) is 4.72 Å². The van der Waals surface area contributed by atoms with Gasteiger partial charge in [0, 0.05) is 6.54 Å². The largest absolute Gasteiger partial charge is 0.497 e. The molecule has 0 heterocycles. The van der Waals surface area contributed by atoms with E-state index >= 15 is 0 Å². The molecule has 0 aliphatic carbocycles. The van der Waals surface area contributed by atoms with Crippen LogP contribution in [-0.2, 0) is 24.7 Å². The summed E-state index contributed by atoms with van der Waals surface area (Å²) in [5.41, 5.74) is 0. The molecule has 0 radical (unpaired) electrons. The summed E-state index contributed by atoms with van der Waals surface area (Å²) in [5, 5.41) is 2.55. The fourth-order valence-corrected chi connectivity index (χ4v) is 5.02. The minimum Gasteiger partial charge on any atom is -0.497 e. The SMILES string of the molecule is COc1ccc(S(=O)(=O)N[C@@H](C)C(=O)NCCCS(=O)(=O)c2ccccc2)cc1. The second-order valence-corrected chi connectivity index (χ2v) is 10.1. The van der Waals surface area contributed by atoms with E-state index in [1.54, 1.807) is 18.2 Å². The van der Waals surface area contributed by atoms with Crippen molar-refractivity contribution < 1.29 is 26.4 Å². The number of methoxy groups -OCH3 is 1. The number of sulfone groups is 1. The Morgan fingerprint density at radius 3 is 2.17 bits per heavy atom. The van der Waals surface area contributed by atoms with Gasteiger partial charge < -0.3 is 10.1 Å². The molecule has 0 fully saturated rings. The average Bonchev–Trinajstić information content (AvgIpc) is 2.71. The Morgan fingerprint density at radius 2 is 1.59 bits per heavy atom. The number of carbonyl (C=O) groups is 1. The lowest BCUT2D eigenvalue weighted by Gasteiger charge is -2.14. The van der Waals surface area contributed by atoms with Gasteiger partial charge in [0.05, 0.1) is 28.7 Å². The van der Waals surface area contributed by atoms with E-state index < -0.39 is 31.8 Å². The fourth-order valence-electron chi connectivity index (χ4n) is 2.48.